The van der Waals surface area contributed by atoms with Crippen LogP contribution in [0.3, 0.4) is 0 Å². The molecule has 23 heavy (non-hydrogen) atoms. The summed E-state index contributed by atoms with van der Waals surface area (Å²) < 4.78 is 9.19. The Balaban J connectivity index is 2.59. The fourth-order valence-electron chi connectivity index (χ4n) is 3.60. The summed E-state index contributed by atoms with van der Waals surface area (Å²) in [5.41, 5.74) is 2.06. The molecule has 0 bridgehead atoms. The molecule has 1 aromatic rings. The molecule has 0 saturated heterocycles. The third-order valence-electron chi connectivity index (χ3n) is 4.89. The molecule has 0 heterocycles. The SMILES string of the molecule is [2H]C1(C(C)CC)C=Cc2ccccc2C1C(=O)N(C(C)C)C(C)C. The molecule has 0 saturated carbocycles. The van der Waals surface area contributed by atoms with Crippen LogP contribution in [-0.4, -0.2) is 22.9 Å². The topological polar surface area (TPSA) is 20.3 Å². The lowest BCUT2D eigenvalue weighted by Gasteiger charge is -2.39. The highest BCUT2D eigenvalue weighted by Gasteiger charge is 2.38. The van der Waals surface area contributed by atoms with E-state index in [1.165, 1.54) is 0 Å². The lowest BCUT2D eigenvalue weighted by molar-refractivity contribution is -0.137. The van der Waals surface area contributed by atoms with Crippen LogP contribution in [0.1, 0.15) is 66.4 Å². The monoisotopic (exact) mass is 314 g/mol. The highest BCUT2D eigenvalue weighted by atomic mass is 16.2. The first-order valence-electron chi connectivity index (χ1n) is 9.34. The molecule has 0 aliphatic heterocycles. The van der Waals surface area contributed by atoms with E-state index in [1.807, 2.05) is 41.3 Å². The maximum atomic E-state index is 13.6. The molecule has 0 N–H and O–H groups in total. The van der Waals surface area contributed by atoms with Crippen LogP contribution in [0.5, 0.6) is 0 Å². The van der Waals surface area contributed by atoms with Crippen LogP contribution in [0.25, 0.3) is 6.08 Å². The molecule has 126 valence electrons. The van der Waals surface area contributed by atoms with E-state index < -0.39 is 11.8 Å². The quantitative estimate of drug-likeness (QED) is 0.740. The predicted octanol–water partition coefficient (Wildman–Crippen LogP) is 5.10. The van der Waals surface area contributed by atoms with Crippen LogP contribution >= 0.6 is 0 Å². The van der Waals surface area contributed by atoms with Gasteiger partial charge in [0.2, 0.25) is 5.91 Å². The highest BCUT2D eigenvalue weighted by molar-refractivity contribution is 5.87. The molecular formula is C21H31NO. The minimum absolute atomic E-state index is 0.0760. The summed E-state index contributed by atoms with van der Waals surface area (Å²) in [4.78, 5) is 15.5. The fourth-order valence-corrected chi connectivity index (χ4v) is 3.60. The number of benzene rings is 1. The summed E-state index contributed by atoms with van der Waals surface area (Å²) in [5.74, 6) is -1.16. The van der Waals surface area contributed by atoms with E-state index in [2.05, 4.69) is 41.5 Å². The molecule has 1 aliphatic rings. The standard InChI is InChI=1S/C21H31NO/c1-7-16(6)18-13-12-17-10-8-9-11-19(17)20(18)21(23)22(14(2)3)15(4)5/h8-16,18,20H,7H2,1-6H3/i18D. The van der Waals surface area contributed by atoms with Crippen molar-refractivity contribution in [3.8, 4) is 0 Å². The Morgan fingerprint density at radius 2 is 1.78 bits per heavy atom. The highest BCUT2D eigenvalue weighted by Crippen LogP contribution is 2.40. The molecule has 1 aromatic carbocycles. The first kappa shape index (κ1) is 16.3. The van der Waals surface area contributed by atoms with Gasteiger partial charge >= 0.3 is 0 Å². The van der Waals surface area contributed by atoms with Crippen LogP contribution in [0.2, 0.25) is 0 Å². The van der Waals surface area contributed by atoms with Crippen LogP contribution < -0.4 is 0 Å². The van der Waals surface area contributed by atoms with E-state index in [1.54, 1.807) is 0 Å². The van der Waals surface area contributed by atoms with Gasteiger partial charge in [0.1, 0.15) is 0 Å². The van der Waals surface area contributed by atoms with E-state index in [9.17, 15) is 6.17 Å². The minimum Gasteiger partial charge on any atom is -0.337 e. The van der Waals surface area contributed by atoms with Crippen molar-refractivity contribution in [3.05, 3.63) is 41.5 Å². The van der Waals surface area contributed by atoms with Crippen molar-refractivity contribution in [1.29, 1.82) is 0 Å². The molecule has 2 heteroatoms. The lowest BCUT2D eigenvalue weighted by Crippen LogP contribution is -2.47. The summed E-state index contributed by atoms with van der Waals surface area (Å²) in [5, 5.41) is 0. The van der Waals surface area contributed by atoms with Crippen LogP contribution in [0.4, 0.5) is 0 Å². The van der Waals surface area contributed by atoms with E-state index in [4.69, 9.17) is 0 Å². The second kappa shape index (κ2) is 7.33. The zero-order valence-corrected chi connectivity index (χ0v) is 15.3. The summed E-state index contributed by atoms with van der Waals surface area (Å²) in [6, 6.07) is 8.27. The summed E-state index contributed by atoms with van der Waals surface area (Å²) >= 11 is 0. The fraction of sp³-hybridized carbons (Fsp3) is 0.571. The zero-order valence-electron chi connectivity index (χ0n) is 16.3. The number of allylic oxidation sites excluding steroid dienone is 1. The van der Waals surface area contributed by atoms with Gasteiger partial charge in [-0.3, -0.25) is 4.79 Å². The molecule has 2 nitrogen and oxygen atoms in total. The Morgan fingerprint density at radius 1 is 1.17 bits per heavy atom. The first-order valence-corrected chi connectivity index (χ1v) is 8.84. The molecule has 3 unspecified atom stereocenters. The van der Waals surface area contributed by atoms with Crippen LogP contribution in [0.15, 0.2) is 30.3 Å². The van der Waals surface area contributed by atoms with Gasteiger partial charge in [0.05, 0.1) is 5.92 Å². The van der Waals surface area contributed by atoms with E-state index in [-0.39, 0.29) is 23.9 Å². The molecule has 0 aromatic heterocycles. The van der Waals surface area contributed by atoms with Crippen molar-refractivity contribution < 1.29 is 6.17 Å². The first-order chi connectivity index (χ1) is 11.2. The van der Waals surface area contributed by atoms with Gasteiger partial charge in [-0.05, 0) is 50.6 Å². The van der Waals surface area contributed by atoms with Gasteiger partial charge in [-0.25, -0.2) is 0 Å². The number of hydrogen-bond acceptors (Lipinski definition) is 1. The van der Waals surface area contributed by atoms with Crippen molar-refractivity contribution in [2.75, 3.05) is 0 Å². The van der Waals surface area contributed by atoms with Gasteiger partial charge in [0.15, 0.2) is 0 Å². The average molecular weight is 314 g/mol. The summed E-state index contributed by atoms with van der Waals surface area (Å²) in [7, 11) is 0. The van der Waals surface area contributed by atoms with E-state index in [0.717, 1.165) is 17.5 Å². The van der Waals surface area contributed by atoms with Crippen molar-refractivity contribution >= 4 is 12.0 Å². The van der Waals surface area contributed by atoms with Crippen LogP contribution in [0, 0.1) is 11.8 Å². The van der Waals surface area contributed by atoms with Gasteiger partial charge in [0.25, 0.3) is 0 Å². The second-order valence-corrected chi connectivity index (χ2v) is 7.14. The summed E-state index contributed by atoms with van der Waals surface area (Å²) in [6.07, 6.45) is 4.85. The molecule has 2 rings (SSSR count). The van der Waals surface area contributed by atoms with Crippen molar-refractivity contribution in [1.82, 2.24) is 4.90 Å². The normalized spacial score (nSPS) is 25.2. The Bertz CT molecular complexity index is 614. The van der Waals surface area contributed by atoms with Gasteiger partial charge in [0, 0.05) is 13.5 Å². The average Bonchev–Trinajstić information content (AvgIpc) is 2.52. The Morgan fingerprint density at radius 3 is 2.35 bits per heavy atom. The van der Waals surface area contributed by atoms with Crippen molar-refractivity contribution in [2.24, 2.45) is 11.8 Å². The van der Waals surface area contributed by atoms with Gasteiger partial charge in [-0.1, -0.05) is 56.7 Å². The maximum absolute atomic E-state index is 13.6. The number of carbonyl (C=O) groups excluding carboxylic acids is 1. The molecule has 0 fully saturated rings. The number of fused-ring (bicyclic) bond motifs is 1. The Hall–Kier alpha value is -1.57. The lowest BCUT2D eigenvalue weighted by atomic mass is 9.72. The maximum Gasteiger partial charge on any atom is 0.231 e. The molecule has 3 atom stereocenters. The van der Waals surface area contributed by atoms with Gasteiger partial charge in [-0.2, -0.15) is 0 Å². The zero-order chi connectivity index (χ0) is 18.1. The smallest absolute Gasteiger partial charge is 0.231 e. The van der Waals surface area contributed by atoms with Gasteiger partial charge < -0.3 is 4.90 Å². The molecular weight excluding hydrogens is 282 g/mol. The molecule has 1 aliphatic carbocycles. The molecule has 1 amide bonds. The largest absolute Gasteiger partial charge is 0.337 e. The second-order valence-electron chi connectivity index (χ2n) is 7.14. The van der Waals surface area contributed by atoms with E-state index >= 15 is 0 Å². The third-order valence-corrected chi connectivity index (χ3v) is 4.89. The van der Waals surface area contributed by atoms with Gasteiger partial charge in [-0.15, -0.1) is 0 Å². The number of amides is 1. The number of hydrogen-bond donors (Lipinski definition) is 0. The third kappa shape index (κ3) is 3.52. The number of rotatable bonds is 5. The Labute approximate surface area is 143 Å². The van der Waals surface area contributed by atoms with Crippen molar-refractivity contribution in [2.45, 2.75) is 66.0 Å². The van der Waals surface area contributed by atoms with E-state index in [0.29, 0.717) is 0 Å². The van der Waals surface area contributed by atoms with Crippen LogP contribution in [-0.2, 0) is 4.79 Å². The van der Waals surface area contributed by atoms with Crippen molar-refractivity contribution in [3.63, 3.8) is 0 Å². The Kier molecular flexibility index (Phi) is 5.20. The number of nitrogens with zero attached hydrogens (tertiary/aromatic N) is 1. The minimum atomic E-state index is -0.901. The molecule has 0 radical (unpaired) electrons. The molecule has 0 spiro atoms. The summed E-state index contributed by atoms with van der Waals surface area (Å²) in [6.45, 7) is 12.4. The predicted molar refractivity (Wildman–Crippen MR) is 98.3 cm³/mol. The number of carbonyl (C=O) groups is 1.